The molecule has 0 radical (unpaired) electrons. The van der Waals surface area contributed by atoms with Gasteiger partial charge >= 0.3 is 0 Å². The molecule has 2 saturated heterocycles. The quantitative estimate of drug-likeness (QED) is 0.413. The predicted octanol–water partition coefficient (Wildman–Crippen LogP) is -2.09. The monoisotopic (exact) mass is 203 g/mol. The van der Waals surface area contributed by atoms with Crippen LogP contribution in [0.15, 0.2) is 0 Å². The zero-order chi connectivity index (χ0) is 10.3. The second kappa shape index (κ2) is 3.75. The first-order valence-electron chi connectivity index (χ1n) is 5.06. The molecule has 0 aromatic carbocycles. The minimum atomic E-state index is -0.889. The van der Waals surface area contributed by atoms with Gasteiger partial charge in [-0.05, 0) is 12.8 Å². The lowest BCUT2D eigenvalue weighted by molar-refractivity contribution is 0.00990. The predicted molar refractivity (Wildman–Crippen MR) is 48.6 cm³/mol. The number of hydrogen-bond donors (Lipinski definition) is 4. The first kappa shape index (κ1) is 10.3. The summed E-state index contributed by atoms with van der Waals surface area (Å²) in [6.07, 6.45) is -0.0791. The van der Waals surface area contributed by atoms with Crippen molar-refractivity contribution in [3.8, 4) is 0 Å². The van der Waals surface area contributed by atoms with Gasteiger partial charge in [-0.15, -0.1) is 0 Å². The summed E-state index contributed by atoms with van der Waals surface area (Å²) in [5, 5.41) is 37.6. The molecule has 0 aliphatic carbocycles. The highest BCUT2D eigenvalue weighted by atomic mass is 16.3. The first-order valence-corrected chi connectivity index (χ1v) is 5.06. The molecule has 5 nitrogen and oxygen atoms in total. The number of fused-ring (bicyclic) bond motifs is 1. The molecule has 0 aromatic heterocycles. The minimum Gasteiger partial charge on any atom is -0.395 e. The van der Waals surface area contributed by atoms with E-state index in [0.717, 1.165) is 12.8 Å². The SMILES string of the molecule is OC[C@H]1CC[C@@H]2[C@@H](O)[C@H](O)[C@@H](CO)N12. The standard InChI is InChI=1S/C9H17NO4/c11-3-5-1-2-6-8(13)9(14)7(4-12)10(5)6/h5-9,11-14H,1-4H2/t5-,6-,7-,8-,9-/m1/s1. The van der Waals surface area contributed by atoms with Crippen LogP contribution in [0.2, 0.25) is 0 Å². The zero-order valence-corrected chi connectivity index (χ0v) is 7.95. The molecule has 0 amide bonds. The fraction of sp³-hybridized carbons (Fsp3) is 1.00. The van der Waals surface area contributed by atoms with Crippen LogP contribution in [0.4, 0.5) is 0 Å². The Bertz CT molecular complexity index is 211. The van der Waals surface area contributed by atoms with Crippen LogP contribution in [-0.4, -0.2) is 68.9 Å². The van der Waals surface area contributed by atoms with E-state index in [1.165, 1.54) is 0 Å². The molecule has 0 bridgehead atoms. The molecule has 0 saturated carbocycles. The van der Waals surface area contributed by atoms with Crippen LogP contribution in [0.25, 0.3) is 0 Å². The Labute approximate surface area is 82.6 Å². The van der Waals surface area contributed by atoms with Crippen molar-refractivity contribution in [2.45, 2.75) is 43.2 Å². The van der Waals surface area contributed by atoms with Crippen molar-refractivity contribution in [2.24, 2.45) is 0 Å². The molecule has 2 fully saturated rings. The highest BCUT2D eigenvalue weighted by Crippen LogP contribution is 2.36. The fourth-order valence-electron chi connectivity index (χ4n) is 2.82. The van der Waals surface area contributed by atoms with E-state index in [0.29, 0.717) is 0 Å². The van der Waals surface area contributed by atoms with Gasteiger partial charge in [-0.1, -0.05) is 0 Å². The van der Waals surface area contributed by atoms with E-state index in [1.807, 2.05) is 4.90 Å². The van der Waals surface area contributed by atoms with Gasteiger partial charge in [0.2, 0.25) is 0 Å². The second-order valence-corrected chi connectivity index (χ2v) is 4.16. The van der Waals surface area contributed by atoms with Crippen LogP contribution in [0.3, 0.4) is 0 Å². The topological polar surface area (TPSA) is 84.2 Å². The lowest BCUT2D eigenvalue weighted by atomic mass is 10.0. The highest BCUT2D eigenvalue weighted by molar-refractivity contribution is 5.06. The Morgan fingerprint density at radius 2 is 1.71 bits per heavy atom. The third-order valence-corrected chi connectivity index (χ3v) is 3.52. The number of aliphatic hydroxyl groups is 4. The summed E-state index contributed by atoms with van der Waals surface area (Å²) < 4.78 is 0. The number of hydrogen-bond acceptors (Lipinski definition) is 5. The van der Waals surface area contributed by atoms with Crippen molar-refractivity contribution in [1.82, 2.24) is 4.90 Å². The molecule has 5 atom stereocenters. The van der Waals surface area contributed by atoms with E-state index in [1.54, 1.807) is 0 Å². The summed E-state index contributed by atoms with van der Waals surface area (Å²) in [6, 6.07) is -0.544. The van der Waals surface area contributed by atoms with Crippen LogP contribution < -0.4 is 0 Å². The van der Waals surface area contributed by atoms with Gasteiger partial charge in [-0.2, -0.15) is 0 Å². The molecular formula is C9H17NO4. The lowest BCUT2D eigenvalue weighted by Crippen LogP contribution is -2.45. The normalized spacial score (nSPS) is 48.4. The summed E-state index contributed by atoms with van der Waals surface area (Å²) in [5.74, 6) is 0. The molecule has 82 valence electrons. The molecule has 14 heavy (non-hydrogen) atoms. The van der Waals surface area contributed by atoms with Crippen LogP contribution in [0.5, 0.6) is 0 Å². The molecule has 0 aromatic rings. The Balaban J connectivity index is 2.18. The Hall–Kier alpha value is -0.200. The van der Waals surface area contributed by atoms with Gasteiger partial charge in [0.05, 0.1) is 31.5 Å². The van der Waals surface area contributed by atoms with Gasteiger partial charge < -0.3 is 20.4 Å². The van der Waals surface area contributed by atoms with Crippen LogP contribution in [0.1, 0.15) is 12.8 Å². The van der Waals surface area contributed by atoms with Crippen molar-refractivity contribution in [3.63, 3.8) is 0 Å². The molecule has 2 aliphatic rings. The molecule has 5 heteroatoms. The summed E-state index contributed by atoms with van der Waals surface area (Å²) in [4.78, 5) is 1.87. The van der Waals surface area contributed by atoms with Crippen molar-refractivity contribution in [1.29, 1.82) is 0 Å². The van der Waals surface area contributed by atoms with Crippen molar-refractivity contribution < 1.29 is 20.4 Å². The Morgan fingerprint density at radius 1 is 1.00 bits per heavy atom. The van der Waals surface area contributed by atoms with Crippen LogP contribution in [0, 0.1) is 0 Å². The van der Waals surface area contributed by atoms with E-state index in [-0.39, 0.29) is 25.3 Å². The maximum absolute atomic E-state index is 9.70. The average molecular weight is 203 g/mol. The molecule has 2 heterocycles. The summed E-state index contributed by atoms with van der Waals surface area (Å²) in [5.41, 5.74) is 0. The largest absolute Gasteiger partial charge is 0.395 e. The van der Waals surface area contributed by atoms with E-state index in [4.69, 9.17) is 10.2 Å². The van der Waals surface area contributed by atoms with E-state index in [9.17, 15) is 10.2 Å². The molecule has 2 rings (SSSR count). The average Bonchev–Trinajstić information content (AvgIpc) is 2.69. The fourth-order valence-corrected chi connectivity index (χ4v) is 2.82. The molecule has 2 aliphatic heterocycles. The molecule has 4 N–H and O–H groups in total. The number of nitrogens with zero attached hydrogens (tertiary/aromatic N) is 1. The number of rotatable bonds is 2. The Kier molecular flexibility index (Phi) is 2.77. The van der Waals surface area contributed by atoms with Crippen LogP contribution >= 0.6 is 0 Å². The Morgan fingerprint density at radius 3 is 2.29 bits per heavy atom. The van der Waals surface area contributed by atoms with Crippen molar-refractivity contribution in [2.75, 3.05) is 13.2 Å². The first-order chi connectivity index (χ1) is 6.70. The van der Waals surface area contributed by atoms with Gasteiger partial charge in [0.25, 0.3) is 0 Å². The minimum absolute atomic E-state index is 0.0203. The molecular weight excluding hydrogens is 186 g/mol. The third kappa shape index (κ3) is 1.28. The maximum Gasteiger partial charge on any atom is 0.0991 e. The van der Waals surface area contributed by atoms with Gasteiger partial charge in [0.15, 0.2) is 0 Å². The summed E-state index contributed by atoms with van der Waals surface area (Å²) >= 11 is 0. The zero-order valence-electron chi connectivity index (χ0n) is 7.95. The van der Waals surface area contributed by atoms with Gasteiger partial charge in [0.1, 0.15) is 0 Å². The summed E-state index contributed by atoms with van der Waals surface area (Å²) in [6.45, 7) is -0.155. The second-order valence-electron chi connectivity index (χ2n) is 4.16. The third-order valence-electron chi connectivity index (χ3n) is 3.52. The molecule has 0 spiro atoms. The number of aliphatic hydroxyl groups excluding tert-OH is 4. The van der Waals surface area contributed by atoms with Crippen molar-refractivity contribution in [3.05, 3.63) is 0 Å². The van der Waals surface area contributed by atoms with Crippen LogP contribution in [-0.2, 0) is 0 Å². The van der Waals surface area contributed by atoms with Gasteiger partial charge in [-0.3, -0.25) is 4.90 Å². The smallest absolute Gasteiger partial charge is 0.0991 e. The van der Waals surface area contributed by atoms with Gasteiger partial charge in [-0.25, -0.2) is 0 Å². The molecule has 0 unspecified atom stereocenters. The summed E-state index contributed by atoms with van der Waals surface area (Å²) in [7, 11) is 0. The van der Waals surface area contributed by atoms with E-state index < -0.39 is 18.2 Å². The van der Waals surface area contributed by atoms with Gasteiger partial charge in [0, 0.05) is 12.1 Å². The van der Waals surface area contributed by atoms with E-state index in [2.05, 4.69) is 0 Å². The maximum atomic E-state index is 9.70. The lowest BCUT2D eigenvalue weighted by Gasteiger charge is -2.28. The highest BCUT2D eigenvalue weighted by Gasteiger charge is 2.52. The van der Waals surface area contributed by atoms with Crippen molar-refractivity contribution >= 4 is 0 Å². The van der Waals surface area contributed by atoms with E-state index >= 15 is 0 Å².